The van der Waals surface area contributed by atoms with Crippen molar-refractivity contribution in [2.24, 2.45) is 0 Å². The molecule has 0 saturated carbocycles. The van der Waals surface area contributed by atoms with E-state index in [-0.39, 0.29) is 0 Å². The van der Waals surface area contributed by atoms with Crippen LogP contribution in [0.1, 0.15) is 18.2 Å². The van der Waals surface area contributed by atoms with Gasteiger partial charge in [-0.3, -0.25) is 4.98 Å². The van der Waals surface area contributed by atoms with Gasteiger partial charge in [0.1, 0.15) is 11.6 Å². The van der Waals surface area contributed by atoms with Gasteiger partial charge in [-0.1, -0.05) is 24.8 Å². The molecule has 0 radical (unpaired) electrons. The Morgan fingerprint density at radius 3 is 2.95 bits per heavy atom. The van der Waals surface area contributed by atoms with Gasteiger partial charge in [0.05, 0.1) is 12.2 Å². The summed E-state index contributed by atoms with van der Waals surface area (Å²) < 4.78 is 0. The summed E-state index contributed by atoms with van der Waals surface area (Å²) in [5, 5.41) is 3.91. The standard InChI is InChI=1S/C13H17N5S/c1-3-9-5-4-6-15-10(9)8-16-12-7-11(14)17-13(18-12)19-2/h4-7H,3,8H2,1-2H3,(H3,14,16,17,18). The van der Waals surface area contributed by atoms with E-state index in [1.807, 2.05) is 12.3 Å². The SMILES string of the molecule is CCc1cccnc1CNc1cc(N)nc(SC)n1. The number of rotatable bonds is 5. The van der Waals surface area contributed by atoms with E-state index in [0.29, 0.717) is 17.5 Å². The molecule has 0 aliphatic heterocycles. The van der Waals surface area contributed by atoms with Gasteiger partial charge in [0.25, 0.3) is 0 Å². The first-order chi connectivity index (χ1) is 9.22. The summed E-state index contributed by atoms with van der Waals surface area (Å²) >= 11 is 1.47. The largest absolute Gasteiger partial charge is 0.383 e. The molecule has 0 spiro atoms. The second kappa shape index (κ2) is 6.38. The van der Waals surface area contributed by atoms with E-state index in [2.05, 4.69) is 33.3 Å². The van der Waals surface area contributed by atoms with Gasteiger partial charge in [0.2, 0.25) is 0 Å². The lowest BCUT2D eigenvalue weighted by molar-refractivity contribution is 0.933. The fourth-order valence-electron chi connectivity index (χ4n) is 1.75. The molecule has 0 aromatic carbocycles. The summed E-state index contributed by atoms with van der Waals surface area (Å²) in [5.41, 5.74) is 8.01. The molecule has 0 fully saturated rings. The van der Waals surface area contributed by atoms with Crippen molar-refractivity contribution < 1.29 is 0 Å². The van der Waals surface area contributed by atoms with Crippen molar-refractivity contribution in [2.75, 3.05) is 17.3 Å². The van der Waals surface area contributed by atoms with Gasteiger partial charge < -0.3 is 11.1 Å². The minimum absolute atomic E-state index is 0.471. The van der Waals surface area contributed by atoms with Crippen LogP contribution in [-0.4, -0.2) is 21.2 Å². The molecule has 0 aliphatic carbocycles. The number of nitrogens with two attached hydrogens (primary N) is 1. The Balaban J connectivity index is 2.12. The van der Waals surface area contributed by atoms with Gasteiger partial charge in [-0.25, -0.2) is 9.97 Å². The number of nitrogens with zero attached hydrogens (tertiary/aromatic N) is 3. The molecule has 0 amide bonds. The number of hydrogen-bond acceptors (Lipinski definition) is 6. The summed E-state index contributed by atoms with van der Waals surface area (Å²) in [6, 6.07) is 5.77. The minimum Gasteiger partial charge on any atom is -0.383 e. The van der Waals surface area contributed by atoms with Gasteiger partial charge in [0.15, 0.2) is 5.16 Å². The van der Waals surface area contributed by atoms with Crippen LogP contribution >= 0.6 is 11.8 Å². The van der Waals surface area contributed by atoms with E-state index >= 15 is 0 Å². The van der Waals surface area contributed by atoms with Crippen LogP contribution in [0.4, 0.5) is 11.6 Å². The molecule has 0 atom stereocenters. The maximum Gasteiger partial charge on any atom is 0.191 e. The predicted molar refractivity (Wildman–Crippen MR) is 79.2 cm³/mol. The first-order valence-corrected chi connectivity index (χ1v) is 7.30. The number of nitrogen functional groups attached to an aromatic ring is 1. The van der Waals surface area contributed by atoms with Crippen molar-refractivity contribution in [2.45, 2.75) is 25.0 Å². The molecule has 6 heteroatoms. The van der Waals surface area contributed by atoms with Gasteiger partial charge in [-0.2, -0.15) is 0 Å². The molecule has 100 valence electrons. The zero-order valence-electron chi connectivity index (χ0n) is 11.1. The first-order valence-electron chi connectivity index (χ1n) is 6.08. The molecule has 0 aliphatic rings. The van der Waals surface area contributed by atoms with E-state index in [0.717, 1.165) is 17.9 Å². The third-order valence-corrected chi connectivity index (χ3v) is 3.26. The van der Waals surface area contributed by atoms with Gasteiger partial charge in [0, 0.05) is 12.3 Å². The topological polar surface area (TPSA) is 76.7 Å². The van der Waals surface area contributed by atoms with E-state index in [1.165, 1.54) is 17.3 Å². The van der Waals surface area contributed by atoms with E-state index in [1.54, 1.807) is 12.3 Å². The molecular formula is C13H17N5S. The summed E-state index contributed by atoms with van der Waals surface area (Å²) in [6.07, 6.45) is 4.69. The van der Waals surface area contributed by atoms with Gasteiger partial charge in [-0.15, -0.1) is 0 Å². The second-order valence-corrected chi connectivity index (χ2v) is 4.75. The molecule has 2 heterocycles. The Morgan fingerprint density at radius 1 is 1.37 bits per heavy atom. The molecule has 0 unspecified atom stereocenters. The summed E-state index contributed by atoms with van der Waals surface area (Å²) in [7, 11) is 0. The van der Waals surface area contributed by atoms with Crippen molar-refractivity contribution in [3.8, 4) is 0 Å². The van der Waals surface area contributed by atoms with E-state index < -0.39 is 0 Å². The van der Waals surface area contributed by atoms with E-state index in [4.69, 9.17) is 5.73 Å². The molecule has 2 aromatic rings. The van der Waals surface area contributed by atoms with Crippen LogP contribution in [0.25, 0.3) is 0 Å². The molecular weight excluding hydrogens is 258 g/mol. The molecule has 2 aromatic heterocycles. The Morgan fingerprint density at radius 2 is 2.21 bits per heavy atom. The smallest absolute Gasteiger partial charge is 0.191 e. The minimum atomic E-state index is 0.471. The fraction of sp³-hybridized carbons (Fsp3) is 0.308. The molecule has 0 bridgehead atoms. The molecule has 19 heavy (non-hydrogen) atoms. The Labute approximate surface area is 117 Å². The normalized spacial score (nSPS) is 10.4. The average Bonchev–Trinajstić information content (AvgIpc) is 2.44. The molecule has 5 nitrogen and oxygen atoms in total. The van der Waals surface area contributed by atoms with Gasteiger partial charge >= 0.3 is 0 Å². The van der Waals surface area contributed by atoms with E-state index in [9.17, 15) is 0 Å². The van der Waals surface area contributed by atoms with Crippen LogP contribution in [0.15, 0.2) is 29.6 Å². The maximum absolute atomic E-state index is 5.74. The predicted octanol–water partition coefficient (Wildman–Crippen LogP) is 2.35. The Hall–Kier alpha value is -1.82. The zero-order chi connectivity index (χ0) is 13.7. The quantitative estimate of drug-likeness (QED) is 0.644. The highest BCUT2D eigenvalue weighted by Crippen LogP contribution is 2.16. The third kappa shape index (κ3) is 3.57. The second-order valence-electron chi connectivity index (χ2n) is 3.98. The number of aromatic nitrogens is 3. The van der Waals surface area contributed by atoms with Crippen molar-refractivity contribution in [3.05, 3.63) is 35.7 Å². The van der Waals surface area contributed by atoms with Crippen LogP contribution in [0.2, 0.25) is 0 Å². The van der Waals surface area contributed by atoms with Crippen LogP contribution in [0.3, 0.4) is 0 Å². The molecule has 0 saturated heterocycles. The van der Waals surface area contributed by atoms with Crippen LogP contribution in [0.5, 0.6) is 0 Å². The first kappa shape index (κ1) is 13.6. The number of anilines is 2. The number of thioether (sulfide) groups is 1. The monoisotopic (exact) mass is 275 g/mol. The fourth-order valence-corrected chi connectivity index (χ4v) is 2.14. The lowest BCUT2D eigenvalue weighted by Crippen LogP contribution is -2.07. The average molecular weight is 275 g/mol. The van der Waals surface area contributed by atoms with Crippen LogP contribution in [-0.2, 0) is 13.0 Å². The highest BCUT2D eigenvalue weighted by atomic mass is 32.2. The van der Waals surface area contributed by atoms with Crippen LogP contribution < -0.4 is 11.1 Å². The molecule has 2 rings (SSSR count). The number of nitrogens with one attached hydrogen (secondary N) is 1. The zero-order valence-corrected chi connectivity index (χ0v) is 11.9. The summed E-state index contributed by atoms with van der Waals surface area (Å²) in [5.74, 6) is 1.20. The van der Waals surface area contributed by atoms with Gasteiger partial charge in [-0.05, 0) is 24.3 Å². The third-order valence-electron chi connectivity index (χ3n) is 2.71. The summed E-state index contributed by atoms with van der Waals surface area (Å²) in [6.45, 7) is 2.75. The number of pyridine rings is 1. The summed E-state index contributed by atoms with van der Waals surface area (Å²) in [4.78, 5) is 12.9. The number of hydrogen-bond donors (Lipinski definition) is 2. The Kier molecular flexibility index (Phi) is 4.57. The van der Waals surface area contributed by atoms with Crippen molar-refractivity contribution in [1.82, 2.24) is 15.0 Å². The highest BCUT2D eigenvalue weighted by molar-refractivity contribution is 7.98. The van der Waals surface area contributed by atoms with Crippen molar-refractivity contribution in [1.29, 1.82) is 0 Å². The molecule has 3 N–H and O–H groups in total. The van der Waals surface area contributed by atoms with Crippen LogP contribution in [0, 0.1) is 0 Å². The highest BCUT2D eigenvalue weighted by Gasteiger charge is 2.04. The number of aryl methyl sites for hydroxylation is 1. The Bertz CT molecular complexity index is 558. The lowest BCUT2D eigenvalue weighted by Gasteiger charge is -2.09. The lowest BCUT2D eigenvalue weighted by atomic mass is 10.1. The van der Waals surface area contributed by atoms with Crippen molar-refractivity contribution >= 4 is 23.4 Å². The maximum atomic E-state index is 5.74. The van der Waals surface area contributed by atoms with Crippen molar-refractivity contribution in [3.63, 3.8) is 0 Å².